The first-order valence-corrected chi connectivity index (χ1v) is 8.29. The largest absolute Gasteiger partial charge is 0.369 e. The lowest BCUT2D eigenvalue weighted by atomic mass is 10.0. The van der Waals surface area contributed by atoms with Crippen molar-refractivity contribution in [3.8, 4) is 0 Å². The van der Waals surface area contributed by atoms with Crippen LogP contribution in [-0.4, -0.2) is 33.8 Å². The smallest absolute Gasteiger partial charge is 0.130 e. The molecule has 0 unspecified atom stereocenters. The van der Waals surface area contributed by atoms with Crippen LogP contribution in [0.1, 0.15) is 26.7 Å². The Balaban J connectivity index is 2.65. The highest BCUT2D eigenvalue weighted by Crippen LogP contribution is 2.30. The van der Waals surface area contributed by atoms with E-state index in [9.17, 15) is 0 Å². The quantitative estimate of drug-likeness (QED) is 0.606. The van der Waals surface area contributed by atoms with Crippen molar-refractivity contribution < 1.29 is 0 Å². The lowest BCUT2D eigenvalue weighted by Crippen LogP contribution is -2.32. The van der Waals surface area contributed by atoms with E-state index in [0.717, 1.165) is 30.2 Å². The molecule has 0 radical (unpaired) electrons. The van der Waals surface area contributed by atoms with Crippen molar-refractivity contribution in [3.63, 3.8) is 0 Å². The molecule has 0 fully saturated rings. The summed E-state index contributed by atoms with van der Waals surface area (Å²) in [5.41, 5.74) is 0. The van der Waals surface area contributed by atoms with Crippen molar-refractivity contribution in [2.45, 2.75) is 36.5 Å². The molecule has 1 rings (SSSR count). The predicted octanol–water partition coefficient (Wildman–Crippen LogP) is 3.53. The van der Waals surface area contributed by atoms with E-state index in [2.05, 4.69) is 35.4 Å². The highest BCUT2D eigenvalue weighted by Gasteiger charge is 2.24. The average molecular weight is 271 g/mol. The van der Waals surface area contributed by atoms with Gasteiger partial charge in [-0.3, -0.25) is 0 Å². The first-order valence-electron chi connectivity index (χ1n) is 5.84. The fourth-order valence-electron chi connectivity index (χ4n) is 1.66. The third-order valence-corrected chi connectivity index (χ3v) is 5.39. The second-order valence-electron chi connectivity index (χ2n) is 3.89. The van der Waals surface area contributed by atoms with Gasteiger partial charge < -0.3 is 5.32 Å². The molecule has 0 bridgehead atoms. The topological polar surface area (TPSA) is 37.8 Å². The van der Waals surface area contributed by atoms with E-state index < -0.39 is 0 Å². The van der Waals surface area contributed by atoms with Crippen LogP contribution in [0.25, 0.3) is 0 Å². The van der Waals surface area contributed by atoms with E-state index in [4.69, 9.17) is 0 Å². The number of thioether (sulfide) groups is 2. The molecule has 96 valence electrons. The van der Waals surface area contributed by atoms with E-state index in [1.54, 1.807) is 18.1 Å². The van der Waals surface area contributed by atoms with Gasteiger partial charge in [-0.2, -0.15) is 11.8 Å². The Kier molecular flexibility index (Phi) is 6.12. The average Bonchev–Trinajstić information content (AvgIpc) is 2.41. The monoisotopic (exact) mass is 271 g/mol. The molecular formula is C12H21N3S2. The van der Waals surface area contributed by atoms with Crippen LogP contribution in [-0.2, 0) is 0 Å². The van der Waals surface area contributed by atoms with Crippen molar-refractivity contribution in [3.05, 3.63) is 12.4 Å². The summed E-state index contributed by atoms with van der Waals surface area (Å²) in [5.74, 6) is 0.921. The van der Waals surface area contributed by atoms with Crippen molar-refractivity contribution in [1.29, 1.82) is 0 Å². The molecule has 0 aliphatic heterocycles. The molecule has 17 heavy (non-hydrogen) atoms. The van der Waals surface area contributed by atoms with Crippen molar-refractivity contribution in [1.82, 2.24) is 9.97 Å². The fraction of sp³-hybridized carbons (Fsp3) is 0.667. The summed E-state index contributed by atoms with van der Waals surface area (Å²) in [6.07, 6.45) is 8.15. The van der Waals surface area contributed by atoms with Crippen LogP contribution in [0.15, 0.2) is 17.4 Å². The summed E-state index contributed by atoms with van der Waals surface area (Å²) in [4.78, 5) is 8.42. The number of nitrogens with zero attached hydrogens (tertiary/aromatic N) is 2. The predicted molar refractivity (Wildman–Crippen MR) is 79.1 cm³/mol. The lowest BCUT2D eigenvalue weighted by molar-refractivity contribution is 0.573. The maximum Gasteiger partial charge on any atom is 0.130 e. The Morgan fingerprint density at radius 3 is 2.47 bits per heavy atom. The maximum atomic E-state index is 4.25. The van der Waals surface area contributed by atoms with E-state index in [0.29, 0.717) is 4.75 Å². The van der Waals surface area contributed by atoms with Crippen LogP contribution >= 0.6 is 23.5 Å². The Labute approximate surface area is 113 Å². The van der Waals surface area contributed by atoms with E-state index in [1.807, 2.05) is 24.1 Å². The zero-order valence-corrected chi connectivity index (χ0v) is 12.6. The molecule has 0 amide bonds. The zero-order chi connectivity index (χ0) is 12.7. The number of aromatic nitrogens is 2. The van der Waals surface area contributed by atoms with Gasteiger partial charge in [0.15, 0.2) is 0 Å². The Bertz CT molecular complexity index is 332. The molecule has 1 aromatic heterocycles. The van der Waals surface area contributed by atoms with Gasteiger partial charge in [0.2, 0.25) is 0 Å². The number of hydrogen-bond donors (Lipinski definition) is 1. The highest BCUT2D eigenvalue weighted by atomic mass is 32.2. The second-order valence-corrected chi connectivity index (χ2v) is 5.99. The summed E-state index contributed by atoms with van der Waals surface area (Å²) < 4.78 is 0.310. The van der Waals surface area contributed by atoms with Gasteiger partial charge in [0.1, 0.15) is 17.2 Å². The summed E-state index contributed by atoms with van der Waals surface area (Å²) in [7, 11) is 0. The standard InChI is InChI=1S/C12H21N3S2/c1-5-12(6-2,17-4)8-13-10-7-11(16-3)15-9-14-10/h7,9H,5-6,8H2,1-4H3,(H,13,14,15). The number of nitrogens with one attached hydrogen (secondary N) is 1. The minimum atomic E-state index is 0.310. The van der Waals surface area contributed by atoms with Crippen molar-refractivity contribution >= 4 is 29.3 Å². The van der Waals surface area contributed by atoms with Crippen molar-refractivity contribution in [2.75, 3.05) is 24.4 Å². The number of anilines is 1. The summed E-state index contributed by atoms with van der Waals surface area (Å²) in [6, 6.07) is 2.00. The third kappa shape index (κ3) is 4.07. The summed E-state index contributed by atoms with van der Waals surface area (Å²) >= 11 is 3.57. The zero-order valence-electron chi connectivity index (χ0n) is 11.0. The Morgan fingerprint density at radius 1 is 1.24 bits per heavy atom. The lowest BCUT2D eigenvalue weighted by Gasteiger charge is -2.30. The van der Waals surface area contributed by atoms with Gasteiger partial charge in [0.25, 0.3) is 0 Å². The molecule has 1 aromatic rings. The molecule has 0 spiro atoms. The first-order chi connectivity index (χ1) is 8.19. The van der Waals surface area contributed by atoms with Crippen LogP contribution in [0.5, 0.6) is 0 Å². The molecule has 0 aliphatic carbocycles. The van der Waals surface area contributed by atoms with Gasteiger partial charge in [-0.15, -0.1) is 11.8 Å². The van der Waals surface area contributed by atoms with E-state index in [-0.39, 0.29) is 0 Å². The molecule has 0 saturated carbocycles. The van der Waals surface area contributed by atoms with Crippen LogP contribution in [0.4, 0.5) is 5.82 Å². The van der Waals surface area contributed by atoms with E-state index in [1.165, 1.54) is 0 Å². The van der Waals surface area contributed by atoms with Gasteiger partial charge in [-0.1, -0.05) is 13.8 Å². The molecule has 0 aromatic carbocycles. The molecule has 3 nitrogen and oxygen atoms in total. The second kappa shape index (κ2) is 7.11. The Morgan fingerprint density at radius 2 is 1.94 bits per heavy atom. The minimum Gasteiger partial charge on any atom is -0.369 e. The molecule has 5 heteroatoms. The minimum absolute atomic E-state index is 0.310. The fourth-order valence-corrected chi connectivity index (χ4v) is 2.84. The molecule has 1 heterocycles. The van der Waals surface area contributed by atoms with E-state index >= 15 is 0 Å². The molecule has 0 saturated heterocycles. The molecular weight excluding hydrogens is 250 g/mol. The van der Waals surface area contributed by atoms with Crippen molar-refractivity contribution in [2.24, 2.45) is 0 Å². The van der Waals surface area contributed by atoms with Gasteiger partial charge >= 0.3 is 0 Å². The third-order valence-electron chi connectivity index (χ3n) is 3.16. The highest BCUT2D eigenvalue weighted by molar-refractivity contribution is 8.00. The maximum absolute atomic E-state index is 4.25. The SMILES string of the molecule is CCC(CC)(CNc1cc(SC)ncn1)SC. The van der Waals surface area contributed by atoms with Gasteiger partial charge in [-0.05, 0) is 25.4 Å². The van der Waals surface area contributed by atoms with Crippen LogP contribution in [0.2, 0.25) is 0 Å². The summed E-state index contributed by atoms with van der Waals surface area (Å²) in [5, 5.41) is 4.43. The van der Waals surface area contributed by atoms with Gasteiger partial charge in [-0.25, -0.2) is 9.97 Å². The number of rotatable bonds is 7. The van der Waals surface area contributed by atoms with Crippen LogP contribution in [0.3, 0.4) is 0 Å². The first kappa shape index (κ1) is 14.6. The summed E-state index contributed by atoms with van der Waals surface area (Å²) in [6.45, 7) is 5.44. The van der Waals surface area contributed by atoms with Crippen LogP contribution < -0.4 is 5.32 Å². The van der Waals surface area contributed by atoms with Gasteiger partial charge in [0, 0.05) is 17.4 Å². The van der Waals surface area contributed by atoms with Crippen LogP contribution in [0, 0.1) is 0 Å². The molecule has 1 N–H and O–H groups in total. The normalized spacial score (nSPS) is 11.5. The number of hydrogen-bond acceptors (Lipinski definition) is 5. The Hall–Kier alpha value is -0.420. The van der Waals surface area contributed by atoms with Gasteiger partial charge in [0.05, 0.1) is 0 Å². The molecule has 0 aliphatic rings. The molecule has 0 atom stereocenters.